The molecule has 0 amide bonds. The molecule has 1 aliphatic heterocycles. The highest BCUT2D eigenvalue weighted by Gasteiger charge is 2.11. The predicted molar refractivity (Wildman–Crippen MR) is 119 cm³/mol. The number of nitrogens with one attached hydrogen (secondary N) is 2. The lowest BCUT2D eigenvalue weighted by atomic mass is 10.2. The van der Waals surface area contributed by atoms with Gasteiger partial charge in [-0.3, -0.25) is 0 Å². The molecule has 1 aromatic carbocycles. The molecule has 3 rings (SSSR count). The van der Waals surface area contributed by atoms with Gasteiger partial charge in [-0.2, -0.15) is 11.8 Å². The molecule has 0 atom stereocenters. The summed E-state index contributed by atoms with van der Waals surface area (Å²) in [6.07, 6.45) is 0. The fourth-order valence-corrected chi connectivity index (χ4v) is 4.83. The molecule has 1 saturated heterocycles. The lowest BCUT2D eigenvalue weighted by molar-refractivity contribution is 0.818. The normalized spacial score (nSPS) is 15.1. The molecular weight excluding hydrogens is 374 g/mol. The number of thioether (sulfide) groups is 1. The fourth-order valence-electron chi connectivity index (χ4n) is 3.05. The molecule has 2 N–H and O–H groups in total. The molecule has 27 heavy (non-hydrogen) atoms. The zero-order valence-corrected chi connectivity index (χ0v) is 18.1. The molecule has 146 valence electrons. The van der Waals surface area contributed by atoms with Gasteiger partial charge in [0.2, 0.25) is 0 Å². The summed E-state index contributed by atoms with van der Waals surface area (Å²) in [7, 11) is 0. The summed E-state index contributed by atoms with van der Waals surface area (Å²) < 4.78 is 0. The van der Waals surface area contributed by atoms with Crippen LogP contribution in [0.4, 0.5) is 5.69 Å². The first-order valence-corrected chi connectivity index (χ1v) is 11.5. The number of anilines is 1. The van der Waals surface area contributed by atoms with Gasteiger partial charge in [0.1, 0.15) is 0 Å². The Labute approximate surface area is 170 Å². The molecule has 0 spiro atoms. The van der Waals surface area contributed by atoms with Crippen molar-refractivity contribution in [2.45, 2.75) is 33.9 Å². The minimum absolute atomic E-state index is 0.673. The number of guanidine groups is 1. The lowest BCUT2D eigenvalue weighted by Gasteiger charge is -2.28. The van der Waals surface area contributed by atoms with Crippen LogP contribution in [0, 0.1) is 13.8 Å². The highest BCUT2D eigenvalue weighted by atomic mass is 32.2. The Kier molecular flexibility index (Phi) is 7.41. The molecule has 0 aliphatic carbocycles. The highest BCUT2D eigenvalue weighted by molar-refractivity contribution is 7.99. The molecule has 1 aromatic heterocycles. The van der Waals surface area contributed by atoms with E-state index in [1.54, 1.807) is 11.3 Å². The largest absolute Gasteiger partial charge is 0.370 e. The number of aromatic nitrogens is 1. The van der Waals surface area contributed by atoms with Gasteiger partial charge in [0.05, 0.1) is 23.8 Å². The van der Waals surface area contributed by atoms with Gasteiger partial charge in [-0.25, -0.2) is 9.98 Å². The summed E-state index contributed by atoms with van der Waals surface area (Å²) in [5.41, 5.74) is 3.66. The van der Waals surface area contributed by atoms with E-state index in [-0.39, 0.29) is 0 Å². The van der Waals surface area contributed by atoms with Gasteiger partial charge in [0, 0.05) is 41.7 Å². The Morgan fingerprint density at radius 2 is 1.89 bits per heavy atom. The topological polar surface area (TPSA) is 52.6 Å². The third kappa shape index (κ3) is 5.87. The SMILES string of the molecule is CCNC(=NCc1ccc(N2CCSCC2)cc1)NCc1sc(C)nc1C. The number of nitrogens with zero attached hydrogens (tertiary/aromatic N) is 3. The number of benzene rings is 1. The van der Waals surface area contributed by atoms with E-state index in [1.807, 2.05) is 18.7 Å². The van der Waals surface area contributed by atoms with Crippen molar-refractivity contribution in [1.29, 1.82) is 0 Å². The molecule has 1 aliphatic rings. The second-order valence-electron chi connectivity index (χ2n) is 6.56. The molecule has 1 fully saturated rings. The van der Waals surface area contributed by atoms with Crippen molar-refractivity contribution in [3.8, 4) is 0 Å². The molecular formula is C20H29N5S2. The Hall–Kier alpha value is -1.73. The van der Waals surface area contributed by atoms with E-state index in [0.717, 1.165) is 42.8 Å². The van der Waals surface area contributed by atoms with Crippen LogP contribution in [0.3, 0.4) is 0 Å². The zero-order chi connectivity index (χ0) is 19.1. The third-order valence-electron chi connectivity index (χ3n) is 4.49. The van der Waals surface area contributed by atoms with E-state index in [4.69, 9.17) is 4.99 Å². The van der Waals surface area contributed by atoms with Crippen LogP contribution in [0.15, 0.2) is 29.3 Å². The lowest BCUT2D eigenvalue weighted by Crippen LogP contribution is -2.36. The fraction of sp³-hybridized carbons (Fsp3) is 0.500. The first kappa shape index (κ1) is 20.0. The van der Waals surface area contributed by atoms with Crippen LogP contribution >= 0.6 is 23.1 Å². The smallest absolute Gasteiger partial charge is 0.191 e. The van der Waals surface area contributed by atoms with Crippen molar-refractivity contribution in [1.82, 2.24) is 15.6 Å². The highest BCUT2D eigenvalue weighted by Crippen LogP contribution is 2.20. The third-order valence-corrected chi connectivity index (χ3v) is 6.51. The van der Waals surface area contributed by atoms with Gasteiger partial charge in [-0.1, -0.05) is 12.1 Å². The van der Waals surface area contributed by atoms with Crippen molar-refractivity contribution >= 4 is 34.7 Å². The van der Waals surface area contributed by atoms with Gasteiger partial charge in [-0.05, 0) is 38.5 Å². The maximum Gasteiger partial charge on any atom is 0.191 e. The Bertz CT molecular complexity index is 748. The van der Waals surface area contributed by atoms with Crippen molar-refractivity contribution in [2.75, 3.05) is 36.0 Å². The van der Waals surface area contributed by atoms with Crippen molar-refractivity contribution in [2.24, 2.45) is 4.99 Å². The molecule has 0 bridgehead atoms. The number of thiazole rings is 1. The minimum Gasteiger partial charge on any atom is -0.370 e. The minimum atomic E-state index is 0.673. The monoisotopic (exact) mass is 403 g/mol. The van der Waals surface area contributed by atoms with Crippen LogP contribution in [0.5, 0.6) is 0 Å². The van der Waals surface area contributed by atoms with Crippen molar-refractivity contribution in [3.63, 3.8) is 0 Å². The van der Waals surface area contributed by atoms with Crippen LogP contribution in [0.1, 0.15) is 28.1 Å². The molecule has 5 nitrogen and oxygen atoms in total. The average Bonchev–Trinajstić information content (AvgIpc) is 3.02. The van der Waals surface area contributed by atoms with Gasteiger partial charge >= 0.3 is 0 Å². The van der Waals surface area contributed by atoms with E-state index < -0.39 is 0 Å². The Balaban J connectivity index is 1.58. The molecule has 0 unspecified atom stereocenters. The van der Waals surface area contributed by atoms with Crippen molar-refractivity contribution < 1.29 is 0 Å². The first-order chi connectivity index (χ1) is 13.2. The van der Waals surface area contributed by atoms with Gasteiger partial charge in [-0.15, -0.1) is 11.3 Å². The predicted octanol–water partition coefficient (Wildman–Crippen LogP) is 3.57. The second-order valence-corrected chi connectivity index (χ2v) is 9.07. The summed E-state index contributed by atoms with van der Waals surface area (Å²) in [4.78, 5) is 13.0. The summed E-state index contributed by atoms with van der Waals surface area (Å²) in [6, 6.07) is 8.84. The number of aliphatic imine (C=N–C) groups is 1. The molecule has 2 aromatic rings. The summed E-state index contributed by atoms with van der Waals surface area (Å²) >= 11 is 3.78. The number of rotatable bonds is 6. The number of hydrogen-bond acceptors (Lipinski definition) is 5. The van der Waals surface area contributed by atoms with Crippen LogP contribution in [0.25, 0.3) is 0 Å². The van der Waals surface area contributed by atoms with E-state index in [9.17, 15) is 0 Å². The zero-order valence-electron chi connectivity index (χ0n) is 16.4. The van der Waals surface area contributed by atoms with Gasteiger partial charge in [0.25, 0.3) is 0 Å². The van der Waals surface area contributed by atoms with Gasteiger partial charge in [0.15, 0.2) is 5.96 Å². The number of hydrogen-bond donors (Lipinski definition) is 2. The summed E-state index contributed by atoms with van der Waals surface area (Å²) in [5.74, 6) is 3.30. The quantitative estimate of drug-likeness (QED) is 0.570. The van der Waals surface area contributed by atoms with E-state index in [1.165, 1.54) is 27.6 Å². The summed E-state index contributed by atoms with van der Waals surface area (Å²) in [5, 5.41) is 7.86. The molecule has 7 heteroatoms. The average molecular weight is 404 g/mol. The van der Waals surface area contributed by atoms with Crippen molar-refractivity contribution in [3.05, 3.63) is 45.4 Å². The van der Waals surface area contributed by atoms with Crippen LogP contribution in [0.2, 0.25) is 0 Å². The standard InChI is InChI=1S/C20H29N5S2/c1-4-21-20(23-14-19-15(2)24-16(3)27-19)22-13-17-5-7-18(8-6-17)25-9-11-26-12-10-25/h5-8H,4,9-14H2,1-3H3,(H2,21,22,23). The van der Waals surface area contributed by atoms with Gasteiger partial charge < -0.3 is 15.5 Å². The maximum atomic E-state index is 4.74. The van der Waals surface area contributed by atoms with Crippen LogP contribution < -0.4 is 15.5 Å². The van der Waals surface area contributed by atoms with E-state index in [2.05, 4.69) is 58.6 Å². The van der Waals surface area contributed by atoms with E-state index in [0.29, 0.717) is 6.54 Å². The molecule has 0 radical (unpaired) electrons. The Morgan fingerprint density at radius 1 is 1.15 bits per heavy atom. The van der Waals surface area contributed by atoms with Crippen LogP contribution in [-0.2, 0) is 13.1 Å². The second kappa shape index (κ2) is 9.99. The summed E-state index contributed by atoms with van der Waals surface area (Å²) in [6.45, 7) is 10.8. The number of aryl methyl sites for hydroxylation is 2. The molecule has 0 saturated carbocycles. The Morgan fingerprint density at radius 3 is 2.52 bits per heavy atom. The van der Waals surface area contributed by atoms with E-state index >= 15 is 0 Å². The first-order valence-electron chi connectivity index (χ1n) is 9.52. The van der Waals surface area contributed by atoms with Crippen LogP contribution in [-0.4, -0.2) is 42.1 Å². The maximum absolute atomic E-state index is 4.74. The molecule has 2 heterocycles.